The zero-order valence-corrected chi connectivity index (χ0v) is 20.0. The lowest BCUT2D eigenvalue weighted by molar-refractivity contribution is 0.0130. The number of aryl methyl sites for hydroxylation is 1. The van der Waals surface area contributed by atoms with Crippen LogP contribution in [0, 0.1) is 18.3 Å². The fourth-order valence-electron chi connectivity index (χ4n) is 4.36. The van der Waals surface area contributed by atoms with E-state index < -0.39 is 5.60 Å². The lowest BCUT2D eigenvalue weighted by atomic mass is 10.1. The molecule has 8 nitrogen and oxygen atoms in total. The van der Waals surface area contributed by atoms with E-state index in [2.05, 4.69) is 27.9 Å². The smallest absolute Gasteiger partial charge is 0.410 e. The monoisotopic (exact) mass is 446 g/mol. The third-order valence-corrected chi connectivity index (χ3v) is 5.89. The Morgan fingerprint density at radius 3 is 2.64 bits per heavy atom. The highest BCUT2D eigenvalue weighted by atomic mass is 16.6. The molecule has 1 saturated heterocycles. The molecule has 172 valence electrons. The molecule has 0 bridgehead atoms. The number of carbonyl (C=O) groups is 1. The van der Waals surface area contributed by atoms with Crippen molar-refractivity contribution in [3.05, 3.63) is 47.9 Å². The van der Waals surface area contributed by atoms with Gasteiger partial charge in [-0.25, -0.2) is 14.8 Å². The summed E-state index contributed by atoms with van der Waals surface area (Å²) in [5.41, 5.74) is 2.80. The van der Waals surface area contributed by atoms with Gasteiger partial charge < -0.3 is 19.1 Å². The van der Waals surface area contributed by atoms with Crippen LogP contribution in [-0.4, -0.2) is 56.3 Å². The predicted octanol–water partition coefficient (Wildman–Crippen LogP) is 4.43. The third kappa shape index (κ3) is 4.36. The number of fused-ring (bicyclic) bond motifs is 1. The first-order chi connectivity index (χ1) is 15.6. The molecule has 4 rings (SSSR count). The van der Waals surface area contributed by atoms with Crippen LogP contribution in [0.15, 0.2) is 36.8 Å². The number of anilines is 1. The number of nitrogens with zero attached hydrogens (tertiary/aromatic N) is 6. The van der Waals surface area contributed by atoms with E-state index >= 15 is 0 Å². The summed E-state index contributed by atoms with van der Waals surface area (Å²) >= 11 is 0. The molecule has 1 aliphatic heterocycles. The van der Waals surface area contributed by atoms with Gasteiger partial charge in [-0.05, 0) is 65.3 Å². The first-order valence-electron chi connectivity index (χ1n) is 11.2. The van der Waals surface area contributed by atoms with Crippen molar-refractivity contribution in [3.8, 4) is 11.8 Å². The molecule has 1 amide bonds. The standard InChI is InChI=1S/C25H30N6O2/c1-16-12-31(20-9-7-8-19(10-20)11-26)23-21(16)22(27-15-28-23)29-13-18(3)30(14-17(29)2)24(32)33-25(4,5)6/h7-10,12,15,17-18H,13-14H2,1-6H3/t17-,18+/m0/s1. The van der Waals surface area contributed by atoms with Gasteiger partial charge in [0.1, 0.15) is 23.4 Å². The van der Waals surface area contributed by atoms with E-state index in [4.69, 9.17) is 4.74 Å². The fraction of sp³-hybridized carbons (Fsp3) is 0.440. The maximum atomic E-state index is 12.7. The number of carbonyl (C=O) groups excluding carboxylic acids is 1. The van der Waals surface area contributed by atoms with Gasteiger partial charge in [-0.15, -0.1) is 0 Å². The number of aromatic nitrogens is 3. The topological polar surface area (TPSA) is 87.3 Å². The number of rotatable bonds is 2. The normalized spacial score (nSPS) is 18.9. The van der Waals surface area contributed by atoms with Crippen molar-refractivity contribution in [2.45, 2.75) is 59.2 Å². The maximum absolute atomic E-state index is 12.7. The van der Waals surface area contributed by atoms with Crippen LogP contribution in [-0.2, 0) is 4.74 Å². The summed E-state index contributed by atoms with van der Waals surface area (Å²) in [7, 11) is 0. The first-order valence-corrected chi connectivity index (χ1v) is 11.2. The molecule has 1 fully saturated rings. The third-order valence-electron chi connectivity index (χ3n) is 5.89. The Balaban J connectivity index is 1.69. The number of amides is 1. The SMILES string of the molecule is Cc1cn(-c2cccc(C#N)c2)c2ncnc(N3C[C@@H](C)N(C(=O)OC(C)(C)C)C[C@@H]3C)c12. The van der Waals surface area contributed by atoms with Crippen molar-refractivity contribution in [2.75, 3.05) is 18.0 Å². The van der Waals surface area contributed by atoms with Crippen LogP contribution in [0.4, 0.5) is 10.6 Å². The van der Waals surface area contributed by atoms with Gasteiger partial charge in [0, 0.05) is 37.1 Å². The molecule has 3 heterocycles. The molecule has 0 spiro atoms. The molecule has 0 aliphatic carbocycles. The van der Waals surface area contributed by atoms with Gasteiger partial charge in [-0.3, -0.25) is 0 Å². The molecule has 2 atom stereocenters. The molecule has 3 aromatic rings. The number of hydrogen-bond donors (Lipinski definition) is 0. The second-order valence-corrected chi connectivity index (χ2v) is 9.72. The van der Waals surface area contributed by atoms with Crippen LogP contribution in [0.25, 0.3) is 16.7 Å². The minimum Gasteiger partial charge on any atom is -0.444 e. The van der Waals surface area contributed by atoms with E-state index in [0.717, 1.165) is 28.1 Å². The van der Waals surface area contributed by atoms with Gasteiger partial charge in [0.05, 0.1) is 17.0 Å². The molecular formula is C25H30N6O2. The molecule has 0 radical (unpaired) electrons. The first kappa shape index (κ1) is 22.6. The van der Waals surface area contributed by atoms with Crippen LogP contribution < -0.4 is 4.90 Å². The minimum atomic E-state index is -0.529. The van der Waals surface area contributed by atoms with Crippen molar-refractivity contribution in [2.24, 2.45) is 0 Å². The molecule has 2 aromatic heterocycles. The molecule has 0 N–H and O–H groups in total. The Kier molecular flexibility index (Phi) is 5.75. The number of nitriles is 1. The van der Waals surface area contributed by atoms with Crippen molar-refractivity contribution in [1.82, 2.24) is 19.4 Å². The highest BCUT2D eigenvalue weighted by Crippen LogP contribution is 2.33. The summed E-state index contributed by atoms with van der Waals surface area (Å²) in [6.45, 7) is 13.0. The summed E-state index contributed by atoms with van der Waals surface area (Å²) in [5, 5.41) is 10.3. The van der Waals surface area contributed by atoms with E-state index in [1.54, 1.807) is 17.3 Å². The lowest BCUT2D eigenvalue weighted by Crippen LogP contribution is -2.59. The molecule has 33 heavy (non-hydrogen) atoms. The number of hydrogen-bond acceptors (Lipinski definition) is 6. The number of ether oxygens (including phenoxy) is 1. The summed E-state index contributed by atoms with van der Waals surface area (Å²) in [6.07, 6.45) is 3.33. The molecule has 1 aromatic carbocycles. The van der Waals surface area contributed by atoms with Gasteiger partial charge in [0.25, 0.3) is 0 Å². The van der Waals surface area contributed by atoms with E-state index in [9.17, 15) is 10.1 Å². The van der Waals surface area contributed by atoms with Crippen molar-refractivity contribution < 1.29 is 9.53 Å². The average molecular weight is 447 g/mol. The molecule has 0 unspecified atom stereocenters. The zero-order chi connectivity index (χ0) is 23.9. The largest absolute Gasteiger partial charge is 0.444 e. The molecule has 0 saturated carbocycles. The maximum Gasteiger partial charge on any atom is 0.410 e. The summed E-state index contributed by atoms with van der Waals surface area (Å²) < 4.78 is 7.62. The van der Waals surface area contributed by atoms with Crippen LogP contribution in [0.1, 0.15) is 45.7 Å². The van der Waals surface area contributed by atoms with E-state index in [-0.39, 0.29) is 18.2 Å². The second kappa shape index (κ2) is 8.39. The van der Waals surface area contributed by atoms with E-state index in [1.165, 1.54) is 0 Å². The second-order valence-electron chi connectivity index (χ2n) is 9.72. The van der Waals surface area contributed by atoms with Crippen molar-refractivity contribution in [1.29, 1.82) is 5.26 Å². The Morgan fingerprint density at radius 1 is 1.18 bits per heavy atom. The Labute approximate surface area is 194 Å². The lowest BCUT2D eigenvalue weighted by Gasteiger charge is -2.44. The van der Waals surface area contributed by atoms with Crippen LogP contribution in [0.2, 0.25) is 0 Å². The van der Waals surface area contributed by atoms with Crippen molar-refractivity contribution >= 4 is 22.9 Å². The molecule has 1 aliphatic rings. The van der Waals surface area contributed by atoms with Crippen LogP contribution in [0.5, 0.6) is 0 Å². The Morgan fingerprint density at radius 2 is 1.94 bits per heavy atom. The number of benzene rings is 1. The van der Waals surface area contributed by atoms with E-state index in [1.807, 2.05) is 63.6 Å². The van der Waals surface area contributed by atoms with E-state index in [0.29, 0.717) is 18.7 Å². The van der Waals surface area contributed by atoms with Gasteiger partial charge in [0.2, 0.25) is 0 Å². The van der Waals surface area contributed by atoms with Gasteiger partial charge in [-0.1, -0.05) is 6.07 Å². The van der Waals surface area contributed by atoms with Crippen molar-refractivity contribution in [3.63, 3.8) is 0 Å². The quantitative estimate of drug-likeness (QED) is 0.579. The fourth-order valence-corrected chi connectivity index (χ4v) is 4.36. The van der Waals surface area contributed by atoms with Crippen LogP contribution >= 0.6 is 0 Å². The summed E-state index contributed by atoms with van der Waals surface area (Å²) in [6, 6.07) is 9.69. The molecular weight excluding hydrogens is 416 g/mol. The highest BCUT2D eigenvalue weighted by Gasteiger charge is 2.36. The highest BCUT2D eigenvalue weighted by molar-refractivity contribution is 5.92. The Bertz CT molecular complexity index is 1240. The van der Waals surface area contributed by atoms with Crippen LogP contribution in [0.3, 0.4) is 0 Å². The van der Waals surface area contributed by atoms with Gasteiger partial charge in [0.15, 0.2) is 0 Å². The molecule has 8 heteroatoms. The summed E-state index contributed by atoms with van der Waals surface area (Å²) in [4.78, 5) is 26.0. The number of piperazine rings is 1. The Hall–Kier alpha value is -3.60. The zero-order valence-electron chi connectivity index (χ0n) is 20.0. The minimum absolute atomic E-state index is 0.0317. The average Bonchev–Trinajstić information content (AvgIpc) is 3.11. The predicted molar refractivity (Wildman–Crippen MR) is 128 cm³/mol. The van der Waals surface area contributed by atoms with Gasteiger partial charge >= 0.3 is 6.09 Å². The van der Waals surface area contributed by atoms with Gasteiger partial charge in [-0.2, -0.15) is 5.26 Å². The summed E-state index contributed by atoms with van der Waals surface area (Å²) in [5.74, 6) is 0.857.